The number of ether oxygens (including phenoxy) is 3. The molecule has 0 fully saturated rings. The molecule has 4 nitrogen and oxygen atoms in total. The van der Waals surface area contributed by atoms with E-state index in [1.54, 1.807) is 7.11 Å². The fourth-order valence-corrected chi connectivity index (χ4v) is 1.57. The van der Waals surface area contributed by atoms with Gasteiger partial charge in [0.05, 0.1) is 13.2 Å². The van der Waals surface area contributed by atoms with Crippen LogP contribution >= 0.6 is 0 Å². The first-order valence-electron chi connectivity index (χ1n) is 6.53. The minimum atomic E-state index is 0.103. The van der Waals surface area contributed by atoms with Crippen molar-refractivity contribution in [1.29, 1.82) is 0 Å². The van der Waals surface area contributed by atoms with Gasteiger partial charge in [-0.1, -0.05) is 30.3 Å². The fraction of sp³-hybridized carbons (Fsp3) is 0.533. The molecule has 0 bridgehead atoms. The molecule has 0 saturated carbocycles. The Morgan fingerprint density at radius 3 is 2.47 bits per heavy atom. The number of ketones is 1. The highest BCUT2D eigenvalue weighted by Gasteiger charge is 2.03. The van der Waals surface area contributed by atoms with E-state index in [9.17, 15) is 4.79 Å². The number of carbonyl (C=O) groups excluding carboxylic acids is 1. The summed E-state index contributed by atoms with van der Waals surface area (Å²) in [4.78, 5) is 11.6. The summed E-state index contributed by atoms with van der Waals surface area (Å²) in [5.41, 5.74) is 1.03. The Hall–Kier alpha value is -1.23. The molecule has 19 heavy (non-hydrogen) atoms. The van der Waals surface area contributed by atoms with Gasteiger partial charge in [-0.15, -0.1) is 0 Å². The molecule has 0 aromatic heterocycles. The Morgan fingerprint density at radius 2 is 1.74 bits per heavy atom. The second-order valence-corrected chi connectivity index (χ2v) is 4.21. The average molecular weight is 266 g/mol. The molecular formula is C15H22O4. The maximum atomic E-state index is 11.6. The zero-order valence-electron chi connectivity index (χ0n) is 11.5. The van der Waals surface area contributed by atoms with Gasteiger partial charge in [0.2, 0.25) is 0 Å². The first-order valence-corrected chi connectivity index (χ1v) is 6.53. The molecule has 1 aromatic rings. The van der Waals surface area contributed by atoms with E-state index in [4.69, 9.17) is 14.2 Å². The fourth-order valence-electron chi connectivity index (χ4n) is 1.57. The lowest BCUT2D eigenvalue weighted by Gasteiger charge is -2.05. The van der Waals surface area contributed by atoms with E-state index < -0.39 is 0 Å². The molecule has 0 atom stereocenters. The van der Waals surface area contributed by atoms with Gasteiger partial charge < -0.3 is 14.2 Å². The van der Waals surface area contributed by atoms with Crippen molar-refractivity contribution in [1.82, 2.24) is 0 Å². The highest BCUT2D eigenvalue weighted by atomic mass is 16.5. The lowest BCUT2D eigenvalue weighted by Crippen LogP contribution is -2.13. The van der Waals surface area contributed by atoms with Crippen molar-refractivity contribution in [2.45, 2.75) is 12.8 Å². The van der Waals surface area contributed by atoms with Gasteiger partial charge in [-0.25, -0.2) is 0 Å². The van der Waals surface area contributed by atoms with Crippen molar-refractivity contribution in [3.05, 3.63) is 35.9 Å². The maximum absolute atomic E-state index is 11.6. The predicted molar refractivity (Wildman–Crippen MR) is 73.3 cm³/mol. The predicted octanol–water partition coefficient (Wildman–Crippen LogP) is 1.87. The van der Waals surface area contributed by atoms with Crippen LogP contribution in [0.15, 0.2) is 30.3 Å². The molecule has 0 saturated heterocycles. The number of carbonyl (C=O) groups is 1. The molecule has 1 aromatic carbocycles. The Morgan fingerprint density at radius 1 is 1.00 bits per heavy atom. The molecule has 0 amide bonds. The minimum Gasteiger partial charge on any atom is -0.382 e. The van der Waals surface area contributed by atoms with Crippen molar-refractivity contribution in [3.8, 4) is 0 Å². The number of Topliss-reactive ketones (excluding diaryl/α,β-unsaturated/α-hetero) is 1. The lowest BCUT2D eigenvalue weighted by atomic mass is 10.1. The zero-order valence-corrected chi connectivity index (χ0v) is 11.5. The topological polar surface area (TPSA) is 44.8 Å². The smallest absolute Gasteiger partial charge is 0.162 e. The molecule has 0 aliphatic carbocycles. The SMILES string of the molecule is COCCOCCCOCC(=O)Cc1ccccc1. The van der Waals surface area contributed by atoms with Crippen LogP contribution in [0.1, 0.15) is 12.0 Å². The van der Waals surface area contributed by atoms with Crippen molar-refractivity contribution in [2.75, 3.05) is 40.1 Å². The Balaban J connectivity index is 1.96. The van der Waals surface area contributed by atoms with Crippen LogP contribution in [0.4, 0.5) is 0 Å². The third kappa shape index (κ3) is 8.48. The number of rotatable bonds is 11. The molecule has 0 unspecified atom stereocenters. The molecule has 106 valence electrons. The lowest BCUT2D eigenvalue weighted by molar-refractivity contribution is -0.123. The van der Waals surface area contributed by atoms with Crippen LogP contribution in [0.25, 0.3) is 0 Å². The number of methoxy groups -OCH3 is 1. The minimum absolute atomic E-state index is 0.103. The third-order valence-electron chi connectivity index (χ3n) is 2.52. The van der Waals surface area contributed by atoms with E-state index in [-0.39, 0.29) is 12.4 Å². The van der Waals surface area contributed by atoms with E-state index in [0.717, 1.165) is 12.0 Å². The summed E-state index contributed by atoms with van der Waals surface area (Å²) in [6, 6.07) is 9.69. The summed E-state index contributed by atoms with van der Waals surface area (Å²) in [5, 5.41) is 0. The molecular weight excluding hydrogens is 244 g/mol. The summed E-state index contributed by atoms with van der Waals surface area (Å²) in [6.45, 7) is 2.57. The molecule has 4 heteroatoms. The molecule has 0 spiro atoms. The van der Waals surface area contributed by atoms with Gasteiger partial charge in [0.25, 0.3) is 0 Å². The number of hydrogen-bond acceptors (Lipinski definition) is 4. The van der Waals surface area contributed by atoms with Gasteiger partial charge in [-0.2, -0.15) is 0 Å². The molecule has 0 radical (unpaired) electrons. The quantitative estimate of drug-likeness (QED) is 0.574. The van der Waals surface area contributed by atoms with E-state index in [2.05, 4.69) is 0 Å². The normalized spacial score (nSPS) is 10.6. The van der Waals surface area contributed by atoms with Crippen LogP contribution in [-0.4, -0.2) is 45.9 Å². The monoisotopic (exact) mass is 266 g/mol. The van der Waals surface area contributed by atoms with E-state index in [0.29, 0.717) is 32.8 Å². The molecule has 0 aliphatic heterocycles. The van der Waals surface area contributed by atoms with Crippen LogP contribution in [-0.2, 0) is 25.4 Å². The molecule has 0 N–H and O–H groups in total. The van der Waals surface area contributed by atoms with Crippen molar-refractivity contribution in [3.63, 3.8) is 0 Å². The highest BCUT2D eigenvalue weighted by molar-refractivity contribution is 5.81. The second-order valence-electron chi connectivity index (χ2n) is 4.21. The van der Waals surface area contributed by atoms with Crippen LogP contribution < -0.4 is 0 Å². The van der Waals surface area contributed by atoms with Crippen LogP contribution in [0.5, 0.6) is 0 Å². The summed E-state index contributed by atoms with van der Waals surface area (Å²) >= 11 is 0. The summed E-state index contributed by atoms with van der Waals surface area (Å²) < 4.78 is 15.5. The second kappa shape index (κ2) is 10.7. The summed E-state index contributed by atoms with van der Waals surface area (Å²) in [7, 11) is 1.64. The van der Waals surface area contributed by atoms with Gasteiger partial charge in [-0.3, -0.25) is 4.79 Å². The zero-order chi connectivity index (χ0) is 13.8. The Labute approximate surface area is 114 Å². The Bertz CT molecular complexity index is 337. The van der Waals surface area contributed by atoms with E-state index in [1.165, 1.54) is 0 Å². The van der Waals surface area contributed by atoms with E-state index in [1.807, 2.05) is 30.3 Å². The first kappa shape index (κ1) is 15.8. The third-order valence-corrected chi connectivity index (χ3v) is 2.52. The van der Waals surface area contributed by atoms with Gasteiger partial charge in [-0.05, 0) is 12.0 Å². The molecule has 0 aliphatic rings. The van der Waals surface area contributed by atoms with Crippen molar-refractivity contribution >= 4 is 5.78 Å². The van der Waals surface area contributed by atoms with Crippen molar-refractivity contribution < 1.29 is 19.0 Å². The largest absolute Gasteiger partial charge is 0.382 e. The van der Waals surface area contributed by atoms with Gasteiger partial charge in [0.1, 0.15) is 6.61 Å². The van der Waals surface area contributed by atoms with Crippen LogP contribution in [0.3, 0.4) is 0 Å². The van der Waals surface area contributed by atoms with Gasteiger partial charge in [0.15, 0.2) is 5.78 Å². The Kier molecular flexibility index (Phi) is 8.89. The highest BCUT2D eigenvalue weighted by Crippen LogP contribution is 2.00. The summed E-state index contributed by atoms with van der Waals surface area (Å²) in [5.74, 6) is 0.103. The van der Waals surface area contributed by atoms with Crippen LogP contribution in [0.2, 0.25) is 0 Å². The maximum Gasteiger partial charge on any atom is 0.162 e. The number of hydrogen-bond donors (Lipinski definition) is 0. The average Bonchev–Trinajstić information content (AvgIpc) is 2.43. The van der Waals surface area contributed by atoms with Gasteiger partial charge >= 0.3 is 0 Å². The standard InChI is InChI=1S/C15H22O4/c1-17-10-11-18-8-5-9-19-13-15(16)12-14-6-3-2-4-7-14/h2-4,6-7H,5,8-13H2,1H3. The number of benzene rings is 1. The first-order chi connectivity index (χ1) is 9.33. The van der Waals surface area contributed by atoms with Gasteiger partial charge in [0, 0.05) is 26.7 Å². The molecule has 0 heterocycles. The molecule has 1 rings (SSSR count). The van der Waals surface area contributed by atoms with Crippen molar-refractivity contribution in [2.24, 2.45) is 0 Å². The summed E-state index contributed by atoms with van der Waals surface area (Å²) in [6.07, 6.45) is 1.23. The van der Waals surface area contributed by atoms with E-state index >= 15 is 0 Å². The van der Waals surface area contributed by atoms with Crippen LogP contribution in [0, 0.1) is 0 Å².